The van der Waals surface area contributed by atoms with Crippen LogP contribution in [0.5, 0.6) is 0 Å². The van der Waals surface area contributed by atoms with E-state index in [-0.39, 0.29) is 11.3 Å². The number of ether oxygens (including phenoxy) is 1. The summed E-state index contributed by atoms with van der Waals surface area (Å²) in [7, 11) is 1.76. The van der Waals surface area contributed by atoms with Gasteiger partial charge in [0.1, 0.15) is 5.69 Å². The summed E-state index contributed by atoms with van der Waals surface area (Å²) in [5.41, 5.74) is 2.24. The second-order valence-corrected chi connectivity index (χ2v) is 7.53. The molecule has 0 spiro atoms. The minimum atomic E-state index is 0.118. The number of carbonyl (C=O) groups excluding carboxylic acids is 1. The smallest absolute Gasteiger partial charge is 0.270 e. The van der Waals surface area contributed by atoms with Crippen molar-refractivity contribution in [3.8, 4) is 0 Å². The summed E-state index contributed by atoms with van der Waals surface area (Å²) in [6.07, 6.45) is 2.82. The number of hydrogen-bond acceptors (Lipinski definition) is 3. The highest BCUT2D eigenvalue weighted by Gasteiger charge is 2.50. The van der Waals surface area contributed by atoms with Crippen molar-refractivity contribution in [1.29, 1.82) is 0 Å². The van der Waals surface area contributed by atoms with Crippen LogP contribution in [0.4, 0.5) is 0 Å². The summed E-state index contributed by atoms with van der Waals surface area (Å²) < 4.78 is 5.29. The number of hydrogen-bond donors (Lipinski definition) is 1. The fraction of sp³-hybridized carbons (Fsp3) is 0.476. The van der Waals surface area contributed by atoms with Crippen LogP contribution in [0.1, 0.15) is 22.5 Å². The van der Waals surface area contributed by atoms with Crippen molar-refractivity contribution in [3.63, 3.8) is 0 Å². The van der Waals surface area contributed by atoms with E-state index in [1.807, 2.05) is 23.2 Å². The Hall–Kier alpha value is -2.11. The molecular weight excluding hydrogens is 326 g/mol. The summed E-state index contributed by atoms with van der Waals surface area (Å²) in [5.74, 6) is 0.571. The van der Waals surface area contributed by atoms with E-state index >= 15 is 0 Å². The summed E-state index contributed by atoms with van der Waals surface area (Å²) in [6.45, 7) is 5.40. The summed E-state index contributed by atoms with van der Waals surface area (Å²) in [4.78, 5) is 20.4. The third-order valence-electron chi connectivity index (χ3n) is 6.11. The van der Waals surface area contributed by atoms with Crippen molar-refractivity contribution in [1.82, 2.24) is 14.8 Å². The van der Waals surface area contributed by atoms with Gasteiger partial charge in [0.15, 0.2) is 0 Å². The maximum atomic E-state index is 12.8. The molecule has 1 N–H and O–H groups in total. The Kier molecular flexibility index (Phi) is 4.83. The molecule has 3 heterocycles. The van der Waals surface area contributed by atoms with Crippen LogP contribution in [-0.4, -0.2) is 67.1 Å². The molecule has 5 heteroatoms. The molecule has 1 aromatic carbocycles. The molecule has 2 aromatic rings. The van der Waals surface area contributed by atoms with Gasteiger partial charge in [-0.05, 0) is 24.1 Å². The standard InChI is InChI=1S/C21H27N3O2/c1-26-13-12-23-14-18-15-24(20(25)19-8-5-10-22-19)11-9-21(18,16-23)17-6-3-2-4-7-17/h2-8,10,18,22H,9,11-16H2,1H3/t18-,21-/m1/s1. The maximum Gasteiger partial charge on any atom is 0.270 e. The fourth-order valence-electron chi connectivity index (χ4n) is 4.74. The molecule has 0 aliphatic carbocycles. The van der Waals surface area contributed by atoms with E-state index in [0.717, 1.165) is 45.8 Å². The van der Waals surface area contributed by atoms with Gasteiger partial charge in [-0.2, -0.15) is 0 Å². The predicted octanol–water partition coefficient (Wildman–Crippen LogP) is 2.38. The van der Waals surface area contributed by atoms with E-state index in [9.17, 15) is 4.79 Å². The lowest BCUT2D eigenvalue weighted by atomic mass is 9.68. The van der Waals surface area contributed by atoms with Gasteiger partial charge in [-0.1, -0.05) is 30.3 Å². The first-order valence-corrected chi connectivity index (χ1v) is 9.42. The van der Waals surface area contributed by atoms with E-state index in [4.69, 9.17) is 4.74 Å². The molecule has 2 aliphatic heterocycles. The van der Waals surface area contributed by atoms with Gasteiger partial charge in [0.05, 0.1) is 6.61 Å². The SMILES string of the molecule is COCCN1C[C@@H]2CN(C(=O)c3ccc[nH]3)CC[C@]2(c2ccccc2)C1. The molecule has 0 radical (unpaired) electrons. The van der Waals surface area contributed by atoms with Gasteiger partial charge in [-0.3, -0.25) is 9.69 Å². The molecule has 2 atom stereocenters. The number of nitrogens with one attached hydrogen (secondary N) is 1. The van der Waals surface area contributed by atoms with Crippen molar-refractivity contribution in [2.45, 2.75) is 11.8 Å². The normalized spacial score (nSPS) is 26.0. The van der Waals surface area contributed by atoms with Gasteiger partial charge in [-0.15, -0.1) is 0 Å². The molecule has 0 bridgehead atoms. The average molecular weight is 353 g/mol. The number of aromatic nitrogens is 1. The molecule has 2 aliphatic rings. The van der Waals surface area contributed by atoms with Crippen LogP contribution in [0.3, 0.4) is 0 Å². The highest BCUT2D eigenvalue weighted by molar-refractivity contribution is 5.92. The van der Waals surface area contributed by atoms with Gasteiger partial charge >= 0.3 is 0 Å². The Bertz CT molecular complexity index is 731. The first-order chi connectivity index (χ1) is 12.7. The van der Waals surface area contributed by atoms with Crippen LogP contribution in [0, 0.1) is 5.92 Å². The third-order valence-corrected chi connectivity index (χ3v) is 6.11. The number of likely N-dealkylation sites (tertiary alicyclic amines) is 2. The highest BCUT2D eigenvalue weighted by Crippen LogP contribution is 2.45. The van der Waals surface area contributed by atoms with E-state index < -0.39 is 0 Å². The van der Waals surface area contributed by atoms with Crippen molar-refractivity contribution in [3.05, 3.63) is 59.9 Å². The first-order valence-electron chi connectivity index (χ1n) is 9.42. The van der Waals surface area contributed by atoms with Gasteiger partial charge < -0.3 is 14.6 Å². The number of methoxy groups -OCH3 is 1. The van der Waals surface area contributed by atoms with E-state index in [1.165, 1.54) is 5.56 Å². The van der Waals surface area contributed by atoms with Crippen molar-refractivity contribution < 1.29 is 9.53 Å². The molecule has 2 saturated heterocycles. The van der Waals surface area contributed by atoms with Crippen molar-refractivity contribution in [2.24, 2.45) is 5.92 Å². The maximum absolute atomic E-state index is 12.8. The van der Waals surface area contributed by atoms with Gasteiger partial charge in [0.2, 0.25) is 0 Å². The largest absolute Gasteiger partial charge is 0.383 e. The zero-order valence-electron chi connectivity index (χ0n) is 15.4. The molecule has 138 valence electrons. The number of H-pyrrole nitrogens is 1. The van der Waals surface area contributed by atoms with Crippen LogP contribution < -0.4 is 0 Å². The monoisotopic (exact) mass is 353 g/mol. The Morgan fingerprint density at radius 3 is 2.81 bits per heavy atom. The number of aromatic amines is 1. The highest BCUT2D eigenvalue weighted by atomic mass is 16.5. The van der Waals surface area contributed by atoms with Crippen LogP contribution >= 0.6 is 0 Å². The topological polar surface area (TPSA) is 48.6 Å². The second kappa shape index (κ2) is 7.25. The van der Waals surface area contributed by atoms with Gasteiger partial charge in [-0.25, -0.2) is 0 Å². The number of piperidine rings is 1. The molecule has 26 heavy (non-hydrogen) atoms. The lowest BCUT2D eigenvalue weighted by Crippen LogP contribution is -2.51. The molecule has 1 amide bonds. The van der Waals surface area contributed by atoms with Crippen LogP contribution in [0.2, 0.25) is 0 Å². The van der Waals surface area contributed by atoms with Crippen molar-refractivity contribution >= 4 is 5.91 Å². The zero-order valence-corrected chi connectivity index (χ0v) is 15.4. The number of amides is 1. The Labute approximate surface area is 154 Å². The van der Waals surface area contributed by atoms with E-state index in [1.54, 1.807) is 7.11 Å². The number of benzene rings is 1. The third kappa shape index (κ3) is 3.06. The molecular formula is C21H27N3O2. The summed E-state index contributed by atoms with van der Waals surface area (Å²) in [5, 5.41) is 0. The molecule has 1 aromatic heterocycles. The van der Waals surface area contributed by atoms with Gasteiger partial charge in [0, 0.05) is 57.4 Å². The fourth-order valence-corrected chi connectivity index (χ4v) is 4.74. The van der Waals surface area contributed by atoms with Crippen LogP contribution in [0.15, 0.2) is 48.7 Å². The summed E-state index contributed by atoms with van der Waals surface area (Å²) in [6, 6.07) is 14.6. The molecule has 0 saturated carbocycles. The number of fused-ring (bicyclic) bond motifs is 1. The minimum absolute atomic E-state index is 0.118. The quantitative estimate of drug-likeness (QED) is 0.898. The van der Waals surface area contributed by atoms with Crippen LogP contribution in [0.25, 0.3) is 0 Å². The lowest BCUT2D eigenvalue weighted by molar-refractivity contribution is 0.0597. The minimum Gasteiger partial charge on any atom is -0.383 e. The summed E-state index contributed by atoms with van der Waals surface area (Å²) >= 11 is 0. The van der Waals surface area contributed by atoms with Crippen molar-refractivity contribution in [2.75, 3.05) is 46.4 Å². The Balaban J connectivity index is 1.57. The lowest BCUT2D eigenvalue weighted by Gasteiger charge is -2.44. The first kappa shape index (κ1) is 17.3. The van der Waals surface area contributed by atoms with E-state index in [0.29, 0.717) is 11.6 Å². The number of carbonyl (C=O) groups is 1. The molecule has 4 rings (SSSR count). The molecule has 5 nitrogen and oxygen atoms in total. The number of nitrogens with zero attached hydrogens (tertiary/aromatic N) is 2. The Morgan fingerprint density at radius 1 is 1.23 bits per heavy atom. The van der Waals surface area contributed by atoms with Gasteiger partial charge in [0.25, 0.3) is 5.91 Å². The molecule has 2 fully saturated rings. The Morgan fingerprint density at radius 2 is 2.08 bits per heavy atom. The predicted molar refractivity (Wildman–Crippen MR) is 101 cm³/mol. The second-order valence-electron chi connectivity index (χ2n) is 7.53. The van der Waals surface area contributed by atoms with Crippen LogP contribution in [-0.2, 0) is 10.2 Å². The average Bonchev–Trinajstić information content (AvgIpc) is 3.34. The molecule has 0 unspecified atom stereocenters. The zero-order chi connectivity index (χ0) is 18.0. The number of rotatable bonds is 5. The van der Waals surface area contributed by atoms with E-state index in [2.05, 4.69) is 40.2 Å².